The van der Waals surface area contributed by atoms with Gasteiger partial charge in [0.2, 0.25) is 0 Å². The zero-order valence-corrected chi connectivity index (χ0v) is 11.9. The molecule has 0 aliphatic heterocycles. The van der Waals surface area contributed by atoms with Crippen LogP contribution in [0.15, 0.2) is 30.5 Å². The van der Waals surface area contributed by atoms with Gasteiger partial charge in [-0.1, -0.05) is 17.7 Å². The van der Waals surface area contributed by atoms with E-state index in [1.54, 1.807) is 12.3 Å². The van der Waals surface area contributed by atoms with Crippen molar-refractivity contribution in [3.05, 3.63) is 46.9 Å². The summed E-state index contributed by atoms with van der Waals surface area (Å²) in [6.07, 6.45) is 1.62. The second-order valence-electron chi connectivity index (χ2n) is 4.36. The fraction of sp³-hybridized carbons (Fsp3) is 0.286. The molecule has 0 fully saturated rings. The van der Waals surface area contributed by atoms with Crippen LogP contribution in [0.1, 0.15) is 18.3 Å². The van der Waals surface area contributed by atoms with Crippen molar-refractivity contribution in [3.63, 3.8) is 0 Å². The Hall–Kier alpha value is -1.81. The van der Waals surface area contributed by atoms with Gasteiger partial charge in [-0.25, -0.2) is 4.98 Å². The van der Waals surface area contributed by atoms with Crippen molar-refractivity contribution in [2.75, 3.05) is 17.2 Å². The molecule has 100 valence electrons. The van der Waals surface area contributed by atoms with Gasteiger partial charge in [0.05, 0.1) is 29.1 Å². The van der Waals surface area contributed by atoms with Crippen LogP contribution in [0.4, 0.5) is 11.5 Å². The molecule has 0 saturated carbocycles. The minimum Gasteiger partial charge on any atom is -0.397 e. The molecular formula is C14H17ClN4. The molecule has 5 heteroatoms. The first-order valence-electron chi connectivity index (χ1n) is 6.18. The van der Waals surface area contributed by atoms with Crippen LogP contribution in [0.3, 0.4) is 0 Å². The van der Waals surface area contributed by atoms with E-state index in [2.05, 4.69) is 21.8 Å². The molecule has 0 aliphatic rings. The zero-order chi connectivity index (χ0) is 13.8. The molecule has 0 aromatic carbocycles. The number of halogens is 1. The summed E-state index contributed by atoms with van der Waals surface area (Å²) < 4.78 is 0. The molecule has 2 rings (SSSR count). The SMILES string of the molecule is CCN(Cc1cccc(C)n1)c1ncc(N)cc1Cl. The molecule has 2 aromatic rings. The number of hydrogen-bond donors (Lipinski definition) is 1. The Morgan fingerprint density at radius 2 is 2.16 bits per heavy atom. The summed E-state index contributed by atoms with van der Waals surface area (Å²) in [6, 6.07) is 7.70. The van der Waals surface area contributed by atoms with E-state index in [-0.39, 0.29) is 0 Å². The summed E-state index contributed by atoms with van der Waals surface area (Å²) in [7, 11) is 0. The van der Waals surface area contributed by atoms with Gasteiger partial charge in [-0.05, 0) is 32.0 Å². The van der Waals surface area contributed by atoms with Crippen LogP contribution in [0, 0.1) is 6.92 Å². The smallest absolute Gasteiger partial charge is 0.147 e. The fourth-order valence-corrected chi connectivity index (χ4v) is 2.19. The van der Waals surface area contributed by atoms with Gasteiger partial charge >= 0.3 is 0 Å². The predicted octanol–water partition coefficient (Wildman–Crippen LogP) is 3.05. The van der Waals surface area contributed by atoms with E-state index < -0.39 is 0 Å². The number of aryl methyl sites for hydroxylation is 1. The number of rotatable bonds is 4. The lowest BCUT2D eigenvalue weighted by atomic mass is 10.3. The lowest BCUT2D eigenvalue weighted by molar-refractivity contribution is 0.791. The molecule has 19 heavy (non-hydrogen) atoms. The number of hydrogen-bond acceptors (Lipinski definition) is 4. The zero-order valence-electron chi connectivity index (χ0n) is 11.1. The van der Waals surface area contributed by atoms with Crippen molar-refractivity contribution < 1.29 is 0 Å². The van der Waals surface area contributed by atoms with Crippen molar-refractivity contribution in [3.8, 4) is 0 Å². The second kappa shape index (κ2) is 5.89. The van der Waals surface area contributed by atoms with Gasteiger partial charge in [0.25, 0.3) is 0 Å². The van der Waals surface area contributed by atoms with Crippen molar-refractivity contribution in [1.82, 2.24) is 9.97 Å². The molecule has 0 spiro atoms. The molecule has 0 saturated heterocycles. The van der Waals surface area contributed by atoms with Crippen LogP contribution in [-0.2, 0) is 6.54 Å². The first kappa shape index (κ1) is 13.6. The van der Waals surface area contributed by atoms with Crippen molar-refractivity contribution in [2.24, 2.45) is 0 Å². The van der Waals surface area contributed by atoms with Gasteiger partial charge in [0.15, 0.2) is 0 Å². The maximum Gasteiger partial charge on any atom is 0.147 e. The van der Waals surface area contributed by atoms with E-state index >= 15 is 0 Å². The van der Waals surface area contributed by atoms with Crippen molar-refractivity contribution >= 4 is 23.1 Å². The van der Waals surface area contributed by atoms with Gasteiger partial charge in [-0.15, -0.1) is 0 Å². The topological polar surface area (TPSA) is 55.0 Å². The van der Waals surface area contributed by atoms with Gasteiger partial charge < -0.3 is 10.6 Å². The standard InChI is InChI=1S/C14H17ClN4/c1-3-19(9-12-6-4-5-10(2)18-12)14-13(15)7-11(16)8-17-14/h4-8H,3,9,16H2,1-2H3. The lowest BCUT2D eigenvalue weighted by Gasteiger charge is -2.22. The highest BCUT2D eigenvalue weighted by atomic mass is 35.5. The Morgan fingerprint density at radius 1 is 1.37 bits per heavy atom. The third-order valence-electron chi connectivity index (χ3n) is 2.82. The van der Waals surface area contributed by atoms with E-state index in [1.807, 2.05) is 25.1 Å². The van der Waals surface area contributed by atoms with Crippen LogP contribution in [-0.4, -0.2) is 16.5 Å². The molecule has 4 nitrogen and oxygen atoms in total. The third-order valence-corrected chi connectivity index (χ3v) is 3.10. The molecule has 2 aromatic heterocycles. The Labute approximate surface area is 118 Å². The molecule has 0 aliphatic carbocycles. The summed E-state index contributed by atoms with van der Waals surface area (Å²) in [4.78, 5) is 10.9. The monoisotopic (exact) mass is 276 g/mol. The number of pyridine rings is 2. The van der Waals surface area contributed by atoms with Gasteiger partial charge in [0.1, 0.15) is 5.82 Å². The van der Waals surface area contributed by atoms with Crippen LogP contribution < -0.4 is 10.6 Å². The Bertz CT molecular complexity index is 571. The summed E-state index contributed by atoms with van der Waals surface area (Å²) in [6.45, 7) is 5.51. The van der Waals surface area contributed by atoms with Crippen LogP contribution in [0.5, 0.6) is 0 Å². The lowest BCUT2D eigenvalue weighted by Crippen LogP contribution is -2.24. The summed E-state index contributed by atoms with van der Waals surface area (Å²) >= 11 is 6.20. The van der Waals surface area contributed by atoms with E-state index in [4.69, 9.17) is 17.3 Å². The molecule has 0 unspecified atom stereocenters. The average molecular weight is 277 g/mol. The third kappa shape index (κ3) is 3.35. The summed E-state index contributed by atoms with van der Waals surface area (Å²) in [5.41, 5.74) is 8.23. The van der Waals surface area contributed by atoms with E-state index in [0.29, 0.717) is 17.3 Å². The maximum absolute atomic E-state index is 6.20. The highest BCUT2D eigenvalue weighted by Gasteiger charge is 2.12. The predicted molar refractivity (Wildman–Crippen MR) is 79.4 cm³/mol. The van der Waals surface area contributed by atoms with E-state index in [9.17, 15) is 0 Å². The summed E-state index contributed by atoms with van der Waals surface area (Å²) in [5.74, 6) is 0.738. The molecule has 0 bridgehead atoms. The number of aromatic nitrogens is 2. The minimum absolute atomic E-state index is 0.564. The van der Waals surface area contributed by atoms with E-state index in [0.717, 1.165) is 23.8 Å². The first-order valence-corrected chi connectivity index (χ1v) is 6.56. The molecular weight excluding hydrogens is 260 g/mol. The summed E-state index contributed by atoms with van der Waals surface area (Å²) in [5, 5.41) is 0.564. The molecule has 0 radical (unpaired) electrons. The Balaban J connectivity index is 2.25. The van der Waals surface area contributed by atoms with E-state index in [1.165, 1.54) is 0 Å². The van der Waals surface area contributed by atoms with Crippen LogP contribution in [0.25, 0.3) is 0 Å². The van der Waals surface area contributed by atoms with Gasteiger partial charge in [0, 0.05) is 12.2 Å². The Morgan fingerprint density at radius 3 is 2.79 bits per heavy atom. The largest absolute Gasteiger partial charge is 0.397 e. The quantitative estimate of drug-likeness (QED) is 0.932. The van der Waals surface area contributed by atoms with Crippen LogP contribution >= 0.6 is 11.6 Å². The highest BCUT2D eigenvalue weighted by molar-refractivity contribution is 6.33. The highest BCUT2D eigenvalue weighted by Crippen LogP contribution is 2.25. The fourth-order valence-electron chi connectivity index (χ4n) is 1.90. The molecule has 0 amide bonds. The molecule has 0 atom stereocenters. The number of nitrogen functional groups attached to an aromatic ring is 1. The number of nitrogens with zero attached hydrogens (tertiary/aromatic N) is 3. The van der Waals surface area contributed by atoms with Crippen LogP contribution in [0.2, 0.25) is 5.02 Å². The average Bonchev–Trinajstić information content (AvgIpc) is 2.37. The first-order chi connectivity index (χ1) is 9.10. The van der Waals surface area contributed by atoms with Crippen molar-refractivity contribution in [1.29, 1.82) is 0 Å². The minimum atomic E-state index is 0.564. The number of nitrogens with two attached hydrogens (primary N) is 1. The normalized spacial score (nSPS) is 10.5. The van der Waals surface area contributed by atoms with Gasteiger partial charge in [-0.2, -0.15) is 0 Å². The number of anilines is 2. The Kier molecular flexibility index (Phi) is 4.22. The van der Waals surface area contributed by atoms with Crippen molar-refractivity contribution in [2.45, 2.75) is 20.4 Å². The maximum atomic E-state index is 6.20. The van der Waals surface area contributed by atoms with Gasteiger partial charge in [-0.3, -0.25) is 4.98 Å². The molecule has 2 heterocycles. The second-order valence-corrected chi connectivity index (χ2v) is 4.77. The molecule has 2 N–H and O–H groups in total.